The minimum absolute atomic E-state index is 0.0753. The second-order valence-corrected chi connectivity index (χ2v) is 5.98. The minimum atomic E-state index is -0.0753. The van der Waals surface area contributed by atoms with Crippen LogP contribution in [0.15, 0.2) is 35.7 Å². The second-order valence-electron chi connectivity index (χ2n) is 5.09. The van der Waals surface area contributed by atoms with Gasteiger partial charge in [0.25, 0.3) is 5.91 Å². The maximum absolute atomic E-state index is 12.6. The summed E-state index contributed by atoms with van der Waals surface area (Å²) in [6.07, 6.45) is 0. The Hall–Kier alpha value is -1.92. The zero-order chi connectivity index (χ0) is 15.2. The number of hydrogen-bond acceptors (Lipinski definition) is 5. The average Bonchev–Trinajstić information content (AvgIpc) is 2.90. The Morgan fingerprint density at radius 2 is 1.95 bits per heavy atom. The summed E-state index contributed by atoms with van der Waals surface area (Å²) in [4.78, 5) is 20.5. The van der Waals surface area contributed by atoms with Gasteiger partial charge in [0.05, 0.1) is 0 Å². The standard InChI is InChI=1S/C15H20N4OS/c1-18(2)8-9-19(10-12-6-4-3-5-7-12)14(20)13-11-21-15(16)17-13/h3-7,11H,8-10H2,1-2H3,(H2,16,17). The van der Waals surface area contributed by atoms with Gasteiger partial charge in [-0.2, -0.15) is 0 Å². The lowest BCUT2D eigenvalue weighted by atomic mass is 10.2. The fourth-order valence-electron chi connectivity index (χ4n) is 1.92. The third-order valence-corrected chi connectivity index (χ3v) is 3.74. The van der Waals surface area contributed by atoms with Crippen molar-refractivity contribution in [2.24, 2.45) is 0 Å². The molecule has 112 valence electrons. The molecule has 0 saturated heterocycles. The Morgan fingerprint density at radius 1 is 1.24 bits per heavy atom. The zero-order valence-corrected chi connectivity index (χ0v) is 13.1. The molecular formula is C15H20N4OS. The van der Waals surface area contributed by atoms with Gasteiger partial charge in [-0.25, -0.2) is 4.98 Å². The number of nitrogens with zero attached hydrogens (tertiary/aromatic N) is 3. The van der Waals surface area contributed by atoms with Crippen LogP contribution < -0.4 is 5.73 Å². The lowest BCUT2D eigenvalue weighted by molar-refractivity contribution is 0.0727. The van der Waals surface area contributed by atoms with Gasteiger partial charge in [0.2, 0.25) is 0 Å². The number of carbonyl (C=O) groups excluding carboxylic acids is 1. The van der Waals surface area contributed by atoms with E-state index >= 15 is 0 Å². The molecule has 0 aliphatic rings. The average molecular weight is 304 g/mol. The highest BCUT2D eigenvalue weighted by Crippen LogP contribution is 2.15. The van der Waals surface area contributed by atoms with E-state index in [9.17, 15) is 4.79 Å². The lowest BCUT2D eigenvalue weighted by Crippen LogP contribution is -2.36. The fourth-order valence-corrected chi connectivity index (χ4v) is 2.46. The summed E-state index contributed by atoms with van der Waals surface area (Å²) >= 11 is 1.29. The molecule has 1 heterocycles. The van der Waals surface area contributed by atoms with E-state index in [1.165, 1.54) is 11.3 Å². The smallest absolute Gasteiger partial charge is 0.273 e. The summed E-state index contributed by atoms with van der Waals surface area (Å²) in [5.74, 6) is -0.0753. The van der Waals surface area contributed by atoms with E-state index in [1.807, 2.05) is 49.3 Å². The molecule has 6 heteroatoms. The molecule has 21 heavy (non-hydrogen) atoms. The minimum Gasteiger partial charge on any atom is -0.375 e. The highest BCUT2D eigenvalue weighted by Gasteiger charge is 2.18. The molecule has 1 amide bonds. The number of anilines is 1. The van der Waals surface area contributed by atoms with E-state index in [2.05, 4.69) is 9.88 Å². The van der Waals surface area contributed by atoms with E-state index in [-0.39, 0.29) is 5.91 Å². The maximum atomic E-state index is 12.6. The van der Waals surface area contributed by atoms with Crippen LogP contribution in [0.2, 0.25) is 0 Å². The first-order valence-corrected chi connectivity index (χ1v) is 7.63. The van der Waals surface area contributed by atoms with Crippen molar-refractivity contribution in [2.75, 3.05) is 32.9 Å². The van der Waals surface area contributed by atoms with Crippen molar-refractivity contribution >= 4 is 22.4 Å². The normalized spacial score (nSPS) is 10.8. The van der Waals surface area contributed by atoms with Crippen molar-refractivity contribution in [3.63, 3.8) is 0 Å². The van der Waals surface area contributed by atoms with Gasteiger partial charge in [-0.1, -0.05) is 30.3 Å². The van der Waals surface area contributed by atoms with Gasteiger partial charge in [-0.3, -0.25) is 4.79 Å². The summed E-state index contributed by atoms with van der Waals surface area (Å²) < 4.78 is 0. The number of carbonyl (C=O) groups is 1. The molecule has 2 aromatic rings. The molecule has 0 spiro atoms. The predicted octanol–water partition coefficient (Wildman–Crippen LogP) is 1.93. The Morgan fingerprint density at radius 3 is 2.52 bits per heavy atom. The Bertz CT molecular complexity index is 582. The van der Waals surface area contributed by atoms with Crippen molar-refractivity contribution in [3.05, 3.63) is 47.0 Å². The number of hydrogen-bond donors (Lipinski definition) is 1. The molecule has 0 aliphatic carbocycles. The number of likely N-dealkylation sites (N-methyl/N-ethyl adjacent to an activating group) is 1. The van der Waals surface area contributed by atoms with E-state index in [0.29, 0.717) is 23.9 Å². The molecular weight excluding hydrogens is 284 g/mol. The molecule has 0 atom stereocenters. The van der Waals surface area contributed by atoms with Crippen LogP contribution in [-0.4, -0.2) is 47.9 Å². The van der Waals surface area contributed by atoms with E-state index in [1.54, 1.807) is 5.38 Å². The number of amides is 1. The summed E-state index contributed by atoms with van der Waals surface area (Å²) in [5, 5.41) is 2.14. The van der Waals surface area contributed by atoms with Gasteiger partial charge in [-0.05, 0) is 19.7 Å². The summed E-state index contributed by atoms with van der Waals surface area (Å²) in [6, 6.07) is 9.96. The van der Waals surface area contributed by atoms with Gasteiger partial charge in [-0.15, -0.1) is 11.3 Å². The van der Waals surface area contributed by atoms with E-state index in [0.717, 1.165) is 12.1 Å². The molecule has 2 rings (SSSR count). The number of rotatable bonds is 6. The van der Waals surface area contributed by atoms with Gasteiger partial charge < -0.3 is 15.5 Å². The lowest BCUT2D eigenvalue weighted by Gasteiger charge is -2.23. The summed E-state index contributed by atoms with van der Waals surface area (Å²) in [6.45, 7) is 2.03. The van der Waals surface area contributed by atoms with Crippen LogP contribution in [0.3, 0.4) is 0 Å². The van der Waals surface area contributed by atoms with Crippen LogP contribution in [0, 0.1) is 0 Å². The van der Waals surface area contributed by atoms with Crippen molar-refractivity contribution in [1.82, 2.24) is 14.8 Å². The first-order valence-electron chi connectivity index (χ1n) is 6.75. The van der Waals surface area contributed by atoms with Crippen molar-refractivity contribution in [2.45, 2.75) is 6.54 Å². The van der Waals surface area contributed by atoms with Crippen molar-refractivity contribution < 1.29 is 4.79 Å². The largest absolute Gasteiger partial charge is 0.375 e. The van der Waals surface area contributed by atoms with Gasteiger partial charge in [0.1, 0.15) is 5.69 Å². The highest BCUT2D eigenvalue weighted by atomic mass is 32.1. The topological polar surface area (TPSA) is 62.5 Å². The first kappa shape index (κ1) is 15.5. The maximum Gasteiger partial charge on any atom is 0.273 e. The Kier molecular flexibility index (Phi) is 5.30. The third kappa shape index (κ3) is 4.54. The molecule has 1 aromatic carbocycles. The molecule has 0 fully saturated rings. The zero-order valence-electron chi connectivity index (χ0n) is 12.3. The monoisotopic (exact) mass is 304 g/mol. The van der Waals surface area contributed by atoms with Gasteiger partial charge in [0, 0.05) is 25.0 Å². The van der Waals surface area contributed by atoms with Gasteiger partial charge >= 0.3 is 0 Å². The molecule has 1 aromatic heterocycles. The quantitative estimate of drug-likeness (QED) is 0.886. The third-order valence-electron chi connectivity index (χ3n) is 3.06. The Labute approximate surface area is 129 Å². The van der Waals surface area contributed by atoms with Crippen LogP contribution in [0.25, 0.3) is 0 Å². The first-order chi connectivity index (χ1) is 10.1. The van der Waals surface area contributed by atoms with E-state index in [4.69, 9.17) is 5.73 Å². The van der Waals surface area contributed by atoms with Crippen LogP contribution in [0.5, 0.6) is 0 Å². The SMILES string of the molecule is CN(C)CCN(Cc1ccccc1)C(=O)c1csc(N)n1. The molecule has 0 saturated carbocycles. The second kappa shape index (κ2) is 7.19. The molecule has 0 bridgehead atoms. The number of aromatic nitrogens is 1. The number of benzene rings is 1. The number of nitrogens with two attached hydrogens (primary N) is 1. The number of nitrogen functional groups attached to an aromatic ring is 1. The van der Waals surface area contributed by atoms with Crippen LogP contribution in [0.4, 0.5) is 5.13 Å². The number of thiazole rings is 1. The highest BCUT2D eigenvalue weighted by molar-refractivity contribution is 7.13. The molecule has 5 nitrogen and oxygen atoms in total. The summed E-state index contributed by atoms with van der Waals surface area (Å²) in [7, 11) is 3.98. The van der Waals surface area contributed by atoms with Crippen LogP contribution in [0.1, 0.15) is 16.1 Å². The van der Waals surface area contributed by atoms with Crippen LogP contribution >= 0.6 is 11.3 Å². The fraction of sp³-hybridized carbons (Fsp3) is 0.333. The summed E-state index contributed by atoms with van der Waals surface area (Å²) in [5.41, 5.74) is 7.15. The van der Waals surface area contributed by atoms with Crippen molar-refractivity contribution in [1.29, 1.82) is 0 Å². The van der Waals surface area contributed by atoms with Gasteiger partial charge in [0.15, 0.2) is 5.13 Å². The molecule has 0 unspecified atom stereocenters. The Balaban J connectivity index is 2.13. The molecule has 0 radical (unpaired) electrons. The van der Waals surface area contributed by atoms with E-state index < -0.39 is 0 Å². The van der Waals surface area contributed by atoms with Crippen LogP contribution in [-0.2, 0) is 6.54 Å². The predicted molar refractivity (Wildman–Crippen MR) is 86.3 cm³/mol. The molecule has 0 aliphatic heterocycles. The van der Waals surface area contributed by atoms with Crippen molar-refractivity contribution in [3.8, 4) is 0 Å². The molecule has 2 N–H and O–H groups in total.